The van der Waals surface area contributed by atoms with Gasteiger partial charge in [-0.25, -0.2) is 4.79 Å². The Kier molecular flexibility index (Phi) is 4.08. The summed E-state index contributed by atoms with van der Waals surface area (Å²) in [6.45, 7) is 0.364. The van der Waals surface area contributed by atoms with Crippen LogP contribution in [0.25, 0.3) is 0 Å². The molecule has 1 aliphatic heterocycles. The van der Waals surface area contributed by atoms with E-state index in [4.69, 9.17) is 22.1 Å². The van der Waals surface area contributed by atoms with Crippen molar-refractivity contribution in [1.29, 1.82) is 0 Å². The zero-order chi connectivity index (χ0) is 14.8. The molecular formula is C16H14ClNO2S. The van der Waals surface area contributed by atoms with Crippen molar-refractivity contribution >= 4 is 35.0 Å². The minimum absolute atomic E-state index is 0.256. The molecule has 0 spiro atoms. The first kappa shape index (κ1) is 14.3. The van der Waals surface area contributed by atoms with Crippen LogP contribution >= 0.6 is 23.4 Å². The number of thioether (sulfide) groups is 1. The van der Waals surface area contributed by atoms with E-state index in [1.807, 2.05) is 12.1 Å². The van der Waals surface area contributed by atoms with Crippen molar-refractivity contribution < 1.29 is 9.53 Å². The van der Waals surface area contributed by atoms with Crippen molar-refractivity contribution in [3.8, 4) is 0 Å². The molecule has 3 rings (SSSR count). The van der Waals surface area contributed by atoms with Crippen LogP contribution in [0.15, 0.2) is 47.4 Å². The number of esters is 1. The molecule has 0 radical (unpaired) electrons. The molecule has 1 unspecified atom stereocenters. The Bertz CT molecular complexity index is 665. The maximum Gasteiger partial charge on any atom is 0.339 e. The lowest BCUT2D eigenvalue weighted by atomic mass is 10.1. The summed E-state index contributed by atoms with van der Waals surface area (Å²) in [5, 5.41) is 0.614. The number of hydrogen-bond donors (Lipinski definition) is 1. The second-order valence-corrected chi connectivity index (χ2v) is 6.64. The maximum absolute atomic E-state index is 12.1. The Hall–Kier alpha value is -1.65. The number of fused-ring (bicyclic) bond motifs is 1. The van der Waals surface area contributed by atoms with Crippen molar-refractivity contribution in [2.24, 2.45) is 0 Å². The molecule has 0 aromatic heterocycles. The van der Waals surface area contributed by atoms with Gasteiger partial charge in [-0.2, -0.15) is 0 Å². The van der Waals surface area contributed by atoms with E-state index in [1.54, 1.807) is 30.0 Å². The van der Waals surface area contributed by atoms with Crippen LogP contribution in [0.4, 0.5) is 5.69 Å². The Morgan fingerprint density at radius 3 is 2.95 bits per heavy atom. The molecule has 2 N–H and O–H groups in total. The molecule has 0 saturated carbocycles. The summed E-state index contributed by atoms with van der Waals surface area (Å²) in [6.07, 6.45) is 0.915. The summed E-state index contributed by atoms with van der Waals surface area (Å²) in [6, 6.07) is 13.1. The lowest BCUT2D eigenvalue weighted by Crippen LogP contribution is -2.16. The number of anilines is 1. The van der Waals surface area contributed by atoms with Gasteiger partial charge in [0.05, 0.1) is 10.6 Å². The number of halogens is 1. The number of hydrogen-bond acceptors (Lipinski definition) is 4. The first-order valence-corrected chi connectivity index (χ1v) is 7.86. The topological polar surface area (TPSA) is 52.3 Å². The predicted octanol–water partition coefficient (Wildman–Crippen LogP) is 3.80. The summed E-state index contributed by atoms with van der Waals surface area (Å²) in [4.78, 5) is 13.3. The molecule has 0 bridgehead atoms. The molecule has 1 aliphatic rings. The van der Waals surface area contributed by atoms with E-state index in [-0.39, 0.29) is 5.25 Å². The van der Waals surface area contributed by atoms with Crippen LogP contribution < -0.4 is 5.73 Å². The standard InChI is InChI=1S/C16H14ClNO2S/c17-14-6-5-11(18)8-13(14)16(19)20-9-12-7-10-3-1-2-4-15(10)21-12/h1-6,8,12H,7,9,18H2. The normalized spacial score (nSPS) is 16.5. The van der Waals surface area contributed by atoms with Crippen LogP contribution in [0, 0.1) is 0 Å². The van der Waals surface area contributed by atoms with E-state index in [9.17, 15) is 4.79 Å². The Morgan fingerprint density at radius 2 is 2.14 bits per heavy atom. The quantitative estimate of drug-likeness (QED) is 0.690. The van der Waals surface area contributed by atoms with Gasteiger partial charge in [-0.05, 0) is 36.2 Å². The van der Waals surface area contributed by atoms with E-state index in [1.165, 1.54) is 10.5 Å². The fraction of sp³-hybridized carbons (Fsp3) is 0.188. The van der Waals surface area contributed by atoms with Crippen LogP contribution in [-0.2, 0) is 11.2 Å². The molecule has 1 atom stereocenters. The van der Waals surface area contributed by atoms with Crippen LogP contribution in [0.2, 0.25) is 5.02 Å². The summed E-state index contributed by atoms with van der Waals surface area (Å²) in [7, 11) is 0. The first-order valence-electron chi connectivity index (χ1n) is 6.60. The molecule has 108 valence electrons. The molecular weight excluding hydrogens is 306 g/mol. The van der Waals surface area contributed by atoms with Gasteiger partial charge in [-0.1, -0.05) is 29.8 Å². The fourth-order valence-electron chi connectivity index (χ4n) is 2.29. The highest BCUT2D eigenvalue weighted by molar-refractivity contribution is 8.00. The molecule has 2 aromatic rings. The molecule has 1 heterocycles. The third kappa shape index (κ3) is 3.17. The highest BCUT2D eigenvalue weighted by Crippen LogP contribution is 2.36. The van der Waals surface area contributed by atoms with Gasteiger partial charge in [-0.15, -0.1) is 11.8 Å². The molecule has 0 fully saturated rings. The lowest BCUT2D eigenvalue weighted by molar-refractivity contribution is 0.0507. The highest BCUT2D eigenvalue weighted by Gasteiger charge is 2.23. The van der Waals surface area contributed by atoms with Crippen LogP contribution in [0.3, 0.4) is 0 Å². The Morgan fingerprint density at radius 1 is 1.33 bits per heavy atom. The summed E-state index contributed by atoms with van der Waals surface area (Å²) < 4.78 is 5.38. The second kappa shape index (κ2) is 6.00. The number of rotatable bonds is 3. The van der Waals surface area contributed by atoms with Crippen molar-refractivity contribution in [2.75, 3.05) is 12.3 Å². The first-order chi connectivity index (χ1) is 10.1. The second-order valence-electron chi connectivity index (χ2n) is 4.89. The summed E-state index contributed by atoms with van der Waals surface area (Å²) in [5.41, 5.74) is 7.79. The highest BCUT2D eigenvalue weighted by atomic mass is 35.5. The molecule has 0 aliphatic carbocycles. The van der Waals surface area contributed by atoms with E-state index < -0.39 is 5.97 Å². The van der Waals surface area contributed by atoms with Gasteiger partial charge >= 0.3 is 5.97 Å². The van der Waals surface area contributed by atoms with Crippen molar-refractivity contribution in [2.45, 2.75) is 16.6 Å². The van der Waals surface area contributed by atoms with Gasteiger partial charge in [0, 0.05) is 15.8 Å². The molecule has 3 nitrogen and oxygen atoms in total. The van der Waals surface area contributed by atoms with E-state index >= 15 is 0 Å². The number of nitrogens with two attached hydrogens (primary N) is 1. The zero-order valence-corrected chi connectivity index (χ0v) is 12.8. The monoisotopic (exact) mass is 319 g/mol. The smallest absolute Gasteiger partial charge is 0.339 e. The van der Waals surface area contributed by atoms with Gasteiger partial charge in [0.25, 0.3) is 0 Å². The third-order valence-corrected chi connectivity index (χ3v) is 4.94. The molecule has 0 amide bonds. The average molecular weight is 320 g/mol. The third-order valence-electron chi connectivity index (χ3n) is 3.32. The number of ether oxygens (including phenoxy) is 1. The van der Waals surface area contributed by atoms with Gasteiger partial charge in [0.15, 0.2) is 0 Å². The van der Waals surface area contributed by atoms with Gasteiger partial charge in [-0.3, -0.25) is 0 Å². The number of carbonyl (C=O) groups excluding carboxylic acids is 1. The SMILES string of the molecule is Nc1ccc(Cl)c(C(=O)OCC2Cc3ccccc3S2)c1. The molecule has 0 saturated heterocycles. The van der Waals surface area contributed by atoms with Crippen LogP contribution in [0.1, 0.15) is 15.9 Å². The lowest BCUT2D eigenvalue weighted by Gasteiger charge is -2.10. The predicted molar refractivity (Wildman–Crippen MR) is 85.9 cm³/mol. The largest absolute Gasteiger partial charge is 0.461 e. The van der Waals surface area contributed by atoms with E-state index in [0.717, 1.165) is 6.42 Å². The zero-order valence-electron chi connectivity index (χ0n) is 11.2. The average Bonchev–Trinajstić information content (AvgIpc) is 2.90. The van der Waals surface area contributed by atoms with Crippen molar-refractivity contribution in [3.63, 3.8) is 0 Å². The van der Waals surface area contributed by atoms with E-state index in [0.29, 0.717) is 22.9 Å². The number of benzene rings is 2. The van der Waals surface area contributed by atoms with Crippen molar-refractivity contribution in [3.05, 3.63) is 58.6 Å². The van der Waals surface area contributed by atoms with Gasteiger partial charge in [0.1, 0.15) is 6.61 Å². The molecule has 2 aromatic carbocycles. The molecule has 21 heavy (non-hydrogen) atoms. The minimum atomic E-state index is -0.427. The summed E-state index contributed by atoms with van der Waals surface area (Å²) in [5.74, 6) is -0.427. The summed E-state index contributed by atoms with van der Waals surface area (Å²) >= 11 is 7.74. The van der Waals surface area contributed by atoms with E-state index in [2.05, 4.69) is 12.1 Å². The maximum atomic E-state index is 12.1. The fourth-order valence-corrected chi connectivity index (χ4v) is 3.71. The number of nitrogen functional groups attached to an aromatic ring is 1. The Balaban J connectivity index is 1.61. The van der Waals surface area contributed by atoms with Crippen molar-refractivity contribution in [1.82, 2.24) is 0 Å². The number of carbonyl (C=O) groups is 1. The minimum Gasteiger partial charge on any atom is -0.461 e. The van der Waals surface area contributed by atoms with Crippen LogP contribution in [-0.4, -0.2) is 17.8 Å². The van der Waals surface area contributed by atoms with Crippen LogP contribution in [0.5, 0.6) is 0 Å². The Labute approximate surface area is 132 Å². The van der Waals surface area contributed by atoms with Gasteiger partial charge in [0.2, 0.25) is 0 Å². The molecule has 5 heteroatoms. The van der Waals surface area contributed by atoms with Gasteiger partial charge < -0.3 is 10.5 Å².